The molecule has 0 amide bonds. The van der Waals surface area contributed by atoms with Gasteiger partial charge in [-0.15, -0.1) is 6.42 Å². The third-order valence-electron chi connectivity index (χ3n) is 2.34. The Kier molecular flexibility index (Phi) is 4.70. The number of benzene rings is 1. The lowest BCUT2D eigenvalue weighted by Crippen LogP contribution is -2.28. The van der Waals surface area contributed by atoms with Gasteiger partial charge in [0.1, 0.15) is 5.82 Å². The third kappa shape index (κ3) is 3.72. The molecule has 18 heavy (non-hydrogen) atoms. The largest absolute Gasteiger partial charge is 0.416 e. The number of alkyl halides is 3. The average molecular weight is 260 g/mol. The lowest BCUT2D eigenvalue weighted by Gasteiger charge is -2.17. The molecular weight excluding hydrogens is 248 g/mol. The molecule has 0 spiro atoms. The number of rotatable bonds is 4. The maximum Gasteiger partial charge on any atom is 0.416 e. The van der Waals surface area contributed by atoms with E-state index in [4.69, 9.17) is 12.2 Å². The highest BCUT2D eigenvalue weighted by molar-refractivity contribution is 5.29. The summed E-state index contributed by atoms with van der Waals surface area (Å²) in [6.07, 6.45) is 0.436. The fraction of sp³-hybridized carbons (Fsp3) is 0.333. The average Bonchev–Trinajstić information content (AvgIpc) is 2.28. The molecule has 0 saturated heterocycles. The van der Waals surface area contributed by atoms with Gasteiger partial charge in [0.25, 0.3) is 0 Å². The number of terminal acetylenes is 1. The van der Waals surface area contributed by atoms with Crippen LogP contribution in [0.3, 0.4) is 0 Å². The second-order valence-corrected chi connectivity index (χ2v) is 3.64. The van der Waals surface area contributed by atoms with Crippen LogP contribution in [0.4, 0.5) is 17.6 Å². The van der Waals surface area contributed by atoms with Crippen molar-refractivity contribution in [3.63, 3.8) is 0 Å². The van der Waals surface area contributed by atoms with Gasteiger partial charge in [-0.25, -0.2) is 4.39 Å². The van der Waals surface area contributed by atoms with Crippen LogP contribution in [0.5, 0.6) is 0 Å². The monoisotopic (exact) mass is 260 g/mol. The van der Waals surface area contributed by atoms with Gasteiger partial charge in [-0.2, -0.15) is 13.2 Å². The molecule has 6 heteroatoms. The quantitative estimate of drug-likeness (QED) is 0.642. The van der Waals surface area contributed by atoms with E-state index in [1.807, 2.05) is 0 Å². The molecule has 3 N–H and O–H groups in total. The molecule has 0 aromatic heterocycles. The molecule has 0 fully saturated rings. The van der Waals surface area contributed by atoms with Crippen molar-refractivity contribution in [2.24, 2.45) is 5.73 Å². The minimum Gasteiger partial charge on any atom is -0.329 e. The first kappa shape index (κ1) is 14.5. The van der Waals surface area contributed by atoms with Crippen molar-refractivity contribution in [2.45, 2.75) is 12.2 Å². The highest BCUT2D eigenvalue weighted by atomic mass is 19.4. The summed E-state index contributed by atoms with van der Waals surface area (Å²) in [5.74, 6) is 1.32. The third-order valence-corrected chi connectivity index (χ3v) is 2.34. The summed E-state index contributed by atoms with van der Waals surface area (Å²) in [4.78, 5) is 0. The van der Waals surface area contributed by atoms with Crippen molar-refractivity contribution >= 4 is 0 Å². The minimum absolute atomic E-state index is 0.0163. The van der Waals surface area contributed by atoms with E-state index < -0.39 is 23.6 Å². The van der Waals surface area contributed by atoms with E-state index in [1.54, 1.807) is 0 Å². The van der Waals surface area contributed by atoms with E-state index >= 15 is 0 Å². The Hall–Kier alpha value is -1.58. The highest BCUT2D eigenvalue weighted by Gasteiger charge is 2.31. The number of nitrogens with one attached hydrogen (secondary N) is 1. The zero-order chi connectivity index (χ0) is 13.8. The summed E-state index contributed by atoms with van der Waals surface area (Å²) >= 11 is 0. The van der Waals surface area contributed by atoms with Gasteiger partial charge >= 0.3 is 6.18 Å². The van der Waals surface area contributed by atoms with Crippen molar-refractivity contribution in [1.82, 2.24) is 5.32 Å². The van der Waals surface area contributed by atoms with E-state index in [2.05, 4.69) is 11.2 Å². The molecule has 0 radical (unpaired) electrons. The van der Waals surface area contributed by atoms with E-state index in [0.717, 1.165) is 12.1 Å². The molecule has 0 aliphatic carbocycles. The summed E-state index contributed by atoms with van der Waals surface area (Å²) in [6.45, 7) is 0.155. The summed E-state index contributed by atoms with van der Waals surface area (Å²) in [6, 6.07) is 1.71. The normalized spacial score (nSPS) is 13.1. The lowest BCUT2D eigenvalue weighted by molar-refractivity contribution is -0.137. The van der Waals surface area contributed by atoms with Crippen LogP contribution in [0, 0.1) is 18.2 Å². The van der Waals surface area contributed by atoms with Gasteiger partial charge in [-0.1, -0.05) is 5.92 Å². The lowest BCUT2D eigenvalue weighted by atomic mass is 10.0. The maximum absolute atomic E-state index is 13.2. The Bertz CT molecular complexity index is 448. The van der Waals surface area contributed by atoms with Crippen LogP contribution < -0.4 is 11.1 Å². The summed E-state index contributed by atoms with van der Waals surface area (Å²) in [7, 11) is 0. The van der Waals surface area contributed by atoms with Crippen LogP contribution in [0.1, 0.15) is 17.2 Å². The van der Waals surface area contributed by atoms with E-state index in [0.29, 0.717) is 6.07 Å². The van der Waals surface area contributed by atoms with Crippen LogP contribution in [0.15, 0.2) is 18.2 Å². The summed E-state index contributed by atoms with van der Waals surface area (Å²) in [5, 5.41) is 2.75. The van der Waals surface area contributed by atoms with Crippen LogP contribution in [0.2, 0.25) is 0 Å². The molecule has 0 aliphatic rings. The van der Waals surface area contributed by atoms with E-state index in [-0.39, 0.29) is 18.7 Å². The number of hydrogen-bond acceptors (Lipinski definition) is 2. The smallest absolute Gasteiger partial charge is 0.329 e. The van der Waals surface area contributed by atoms with E-state index in [9.17, 15) is 17.6 Å². The SMILES string of the molecule is C#CCNC(CN)c1cc(F)cc(C(F)(F)F)c1. The molecule has 1 rings (SSSR count). The Morgan fingerprint density at radius 1 is 1.33 bits per heavy atom. The van der Waals surface area contributed by atoms with Crippen LogP contribution in [-0.4, -0.2) is 13.1 Å². The molecule has 0 bridgehead atoms. The minimum atomic E-state index is -4.60. The van der Waals surface area contributed by atoms with Crippen molar-refractivity contribution in [3.8, 4) is 12.3 Å². The predicted molar refractivity (Wildman–Crippen MR) is 60.0 cm³/mol. The Morgan fingerprint density at radius 3 is 2.50 bits per heavy atom. The fourth-order valence-corrected chi connectivity index (χ4v) is 1.50. The second-order valence-electron chi connectivity index (χ2n) is 3.64. The molecular formula is C12H12F4N2. The number of nitrogens with two attached hydrogens (primary N) is 1. The van der Waals surface area contributed by atoms with Crippen molar-refractivity contribution in [1.29, 1.82) is 0 Å². The van der Waals surface area contributed by atoms with Gasteiger partial charge in [0.15, 0.2) is 0 Å². The zero-order valence-corrected chi connectivity index (χ0v) is 9.39. The zero-order valence-electron chi connectivity index (χ0n) is 9.39. The van der Waals surface area contributed by atoms with Crippen LogP contribution in [-0.2, 0) is 6.18 Å². The highest BCUT2D eigenvalue weighted by Crippen LogP contribution is 2.31. The van der Waals surface area contributed by atoms with Crippen molar-refractivity contribution in [2.75, 3.05) is 13.1 Å². The Labute approximate surface area is 102 Å². The van der Waals surface area contributed by atoms with Gasteiger partial charge in [-0.3, -0.25) is 5.32 Å². The van der Waals surface area contributed by atoms with Gasteiger partial charge in [0, 0.05) is 12.6 Å². The molecule has 2 nitrogen and oxygen atoms in total. The molecule has 98 valence electrons. The molecule has 1 atom stereocenters. The number of halogens is 4. The predicted octanol–water partition coefficient (Wildman–Crippen LogP) is 2.07. The Morgan fingerprint density at radius 2 is 2.00 bits per heavy atom. The first-order valence-electron chi connectivity index (χ1n) is 5.13. The van der Waals surface area contributed by atoms with Crippen LogP contribution >= 0.6 is 0 Å². The van der Waals surface area contributed by atoms with Gasteiger partial charge < -0.3 is 5.73 Å². The molecule has 0 aliphatic heterocycles. The van der Waals surface area contributed by atoms with Gasteiger partial charge in [0.05, 0.1) is 12.1 Å². The molecule has 0 heterocycles. The fourth-order valence-electron chi connectivity index (χ4n) is 1.50. The van der Waals surface area contributed by atoms with E-state index in [1.165, 1.54) is 0 Å². The second kappa shape index (κ2) is 5.85. The topological polar surface area (TPSA) is 38.0 Å². The first-order chi connectivity index (χ1) is 8.38. The van der Waals surface area contributed by atoms with Gasteiger partial charge in [0.2, 0.25) is 0 Å². The first-order valence-corrected chi connectivity index (χ1v) is 5.13. The summed E-state index contributed by atoms with van der Waals surface area (Å²) < 4.78 is 50.7. The molecule has 1 unspecified atom stereocenters. The maximum atomic E-state index is 13.2. The molecule has 0 saturated carbocycles. The summed E-state index contributed by atoms with van der Waals surface area (Å²) in [5.41, 5.74) is 4.50. The number of hydrogen-bond donors (Lipinski definition) is 2. The Balaban J connectivity index is 3.08. The van der Waals surface area contributed by atoms with Crippen LogP contribution in [0.25, 0.3) is 0 Å². The van der Waals surface area contributed by atoms with Crippen molar-refractivity contribution < 1.29 is 17.6 Å². The standard InChI is InChI=1S/C12H12F4N2/c1-2-3-18-11(7-17)8-4-9(12(14,15)16)6-10(13)5-8/h1,4-6,11,18H,3,7,17H2. The van der Waals surface area contributed by atoms with Gasteiger partial charge in [-0.05, 0) is 23.8 Å². The molecule has 1 aromatic rings. The van der Waals surface area contributed by atoms with Crippen molar-refractivity contribution in [3.05, 3.63) is 35.1 Å². The molecule has 1 aromatic carbocycles.